The van der Waals surface area contributed by atoms with E-state index in [9.17, 15) is 14.9 Å². The van der Waals surface area contributed by atoms with Crippen LogP contribution in [0.2, 0.25) is 5.02 Å². The molecule has 0 saturated carbocycles. The Hall–Kier alpha value is -2.12. The molecule has 0 aliphatic heterocycles. The van der Waals surface area contributed by atoms with Crippen LogP contribution >= 0.6 is 27.5 Å². The number of nitrogens with zero attached hydrogens (tertiary/aromatic N) is 1. The van der Waals surface area contributed by atoms with Gasteiger partial charge in [0.1, 0.15) is 15.8 Å². The highest BCUT2D eigenvalue weighted by molar-refractivity contribution is 9.10. The van der Waals surface area contributed by atoms with Crippen LogP contribution in [0.25, 0.3) is 0 Å². The topological polar surface area (TPSA) is 89.7 Å². The Morgan fingerprint density at radius 1 is 1.29 bits per heavy atom. The Kier molecular flexibility index (Phi) is 4.44. The van der Waals surface area contributed by atoms with Crippen molar-refractivity contribution >= 4 is 39.2 Å². The number of carboxylic acids is 1. The van der Waals surface area contributed by atoms with E-state index in [0.717, 1.165) is 0 Å². The normalized spacial score (nSPS) is 10.2. The fourth-order valence-corrected chi connectivity index (χ4v) is 2.31. The quantitative estimate of drug-likeness (QED) is 0.630. The minimum Gasteiger partial charge on any atom is -0.478 e. The van der Waals surface area contributed by atoms with Crippen LogP contribution in [0.4, 0.5) is 5.69 Å². The summed E-state index contributed by atoms with van der Waals surface area (Å²) < 4.78 is 5.56. The first-order chi connectivity index (χ1) is 9.91. The summed E-state index contributed by atoms with van der Waals surface area (Å²) in [5, 5.41) is 20.1. The second kappa shape index (κ2) is 6.11. The van der Waals surface area contributed by atoms with E-state index in [1.165, 1.54) is 36.4 Å². The van der Waals surface area contributed by atoms with Gasteiger partial charge in [0.15, 0.2) is 5.75 Å². The number of aromatic carboxylic acids is 1. The van der Waals surface area contributed by atoms with Crippen molar-refractivity contribution in [3.05, 3.63) is 61.6 Å². The highest BCUT2D eigenvalue weighted by Crippen LogP contribution is 2.39. The zero-order valence-corrected chi connectivity index (χ0v) is 12.6. The zero-order chi connectivity index (χ0) is 15.6. The molecule has 0 radical (unpaired) electrons. The summed E-state index contributed by atoms with van der Waals surface area (Å²) >= 11 is 9.01. The van der Waals surface area contributed by atoms with Gasteiger partial charge in [-0.25, -0.2) is 4.79 Å². The van der Waals surface area contributed by atoms with Crippen molar-refractivity contribution in [2.75, 3.05) is 0 Å². The van der Waals surface area contributed by atoms with E-state index in [-0.39, 0.29) is 32.2 Å². The molecule has 108 valence electrons. The number of halogens is 2. The summed E-state index contributed by atoms with van der Waals surface area (Å²) in [4.78, 5) is 21.5. The maximum absolute atomic E-state index is 11.2. The third kappa shape index (κ3) is 3.14. The molecular weight excluding hydrogens is 366 g/mol. The minimum absolute atomic E-state index is 0.0761. The number of ether oxygens (including phenoxy) is 1. The molecule has 0 heterocycles. The highest BCUT2D eigenvalue weighted by Gasteiger charge is 2.20. The van der Waals surface area contributed by atoms with Crippen molar-refractivity contribution < 1.29 is 19.6 Å². The Morgan fingerprint density at radius 2 is 1.95 bits per heavy atom. The number of nitro groups is 1. The van der Waals surface area contributed by atoms with E-state index in [1.54, 1.807) is 0 Å². The lowest BCUT2D eigenvalue weighted by Gasteiger charge is -2.11. The standard InChI is InChI=1S/C13H7BrClNO5/c14-11-9(16(19)20)5-2-6-10(11)21-12-7(13(17)18)3-1-4-8(12)15/h1-6H,(H,17,18). The molecule has 0 atom stereocenters. The summed E-state index contributed by atoms with van der Waals surface area (Å²) in [7, 11) is 0. The van der Waals surface area contributed by atoms with Gasteiger partial charge in [0, 0.05) is 6.07 Å². The average molecular weight is 373 g/mol. The third-order valence-electron chi connectivity index (χ3n) is 2.55. The van der Waals surface area contributed by atoms with Gasteiger partial charge in [0.25, 0.3) is 5.69 Å². The fourth-order valence-electron chi connectivity index (χ4n) is 1.61. The molecular formula is C13H7BrClNO5. The van der Waals surface area contributed by atoms with Crippen LogP contribution in [-0.2, 0) is 0 Å². The van der Waals surface area contributed by atoms with Crippen LogP contribution < -0.4 is 4.74 Å². The number of hydrogen-bond donors (Lipinski definition) is 1. The third-order valence-corrected chi connectivity index (χ3v) is 3.64. The lowest BCUT2D eigenvalue weighted by Crippen LogP contribution is -2.01. The molecule has 0 fully saturated rings. The van der Waals surface area contributed by atoms with Crippen molar-refractivity contribution in [1.82, 2.24) is 0 Å². The number of benzene rings is 2. The first kappa shape index (κ1) is 15.3. The summed E-state index contributed by atoms with van der Waals surface area (Å²) in [5.74, 6) is -1.19. The molecule has 2 rings (SSSR count). The van der Waals surface area contributed by atoms with Gasteiger partial charge in [0.05, 0.1) is 9.95 Å². The molecule has 0 aliphatic rings. The maximum Gasteiger partial charge on any atom is 0.339 e. The van der Waals surface area contributed by atoms with Gasteiger partial charge in [0.2, 0.25) is 0 Å². The Bertz CT molecular complexity index is 734. The van der Waals surface area contributed by atoms with Gasteiger partial charge in [-0.05, 0) is 34.1 Å². The van der Waals surface area contributed by atoms with Crippen molar-refractivity contribution in [1.29, 1.82) is 0 Å². The monoisotopic (exact) mass is 371 g/mol. The molecule has 2 aromatic rings. The number of carbonyl (C=O) groups is 1. The van der Waals surface area contributed by atoms with Crippen LogP contribution in [0.3, 0.4) is 0 Å². The average Bonchev–Trinajstić information content (AvgIpc) is 2.42. The molecule has 0 bridgehead atoms. The molecule has 0 aromatic heterocycles. The number of carboxylic acid groups (broad SMARTS) is 1. The van der Waals surface area contributed by atoms with Gasteiger partial charge in [-0.3, -0.25) is 10.1 Å². The first-order valence-electron chi connectivity index (χ1n) is 5.54. The molecule has 1 N–H and O–H groups in total. The first-order valence-corrected chi connectivity index (χ1v) is 6.71. The summed E-state index contributed by atoms with van der Waals surface area (Å²) in [5.41, 5.74) is -0.336. The van der Waals surface area contributed by atoms with E-state index in [4.69, 9.17) is 21.4 Å². The molecule has 2 aromatic carbocycles. The molecule has 0 spiro atoms. The van der Waals surface area contributed by atoms with Crippen molar-refractivity contribution in [2.45, 2.75) is 0 Å². The summed E-state index contributed by atoms with van der Waals surface area (Å²) in [6, 6.07) is 8.45. The van der Waals surface area contributed by atoms with Crippen LogP contribution in [0.5, 0.6) is 11.5 Å². The molecule has 0 aliphatic carbocycles. The molecule has 0 saturated heterocycles. The molecule has 0 amide bonds. The predicted molar refractivity (Wildman–Crippen MR) is 79.3 cm³/mol. The number of para-hydroxylation sites is 1. The van der Waals surface area contributed by atoms with Gasteiger partial charge < -0.3 is 9.84 Å². The largest absolute Gasteiger partial charge is 0.478 e. The highest BCUT2D eigenvalue weighted by atomic mass is 79.9. The number of hydrogen-bond acceptors (Lipinski definition) is 4. The molecule has 8 heteroatoms. The SMILES string of the molecule is O=C(O)c1cccc(Cl)c1Oc1cccc([N+](=O)[O-])c1Br. The van der Waals surface area contributed by atoms with Gasteiger partial charge in [-0.15, -0.1) is 0 Å². The van der Waals surface area contributed by atoms with Crippen LogP contribution in [0.15, 0.2) is 40.9 Å². The van der Waals surface area contributed by atoms with E-state index in [1.807, 2.05) is 0 Å². The number of rotatable bonds is 4. The van der Waals surface area contributed by atoms with Crippen molar-refractivity contribution in [3.8, 4) is 11.5 Å². The fraction of sp³-hybridized carbons (Fsp3) is 0. The van der Waals surface area contributed by atoms with Gasteiger partial charge in [-0.2, -0.15) is 0 Å². The van der Waals surface area contributed by atoms with E-state index in [0.29, 0.717) is 0 Å². The minimum atomic E-state index is -1.21. The second-order valence-electron chi connectivity index (χ2n) is 3.87. The Labute approximate surface area is 132 Å². The number of nitro benzene ring substituents is 1. The van der Waals surface area contributed by atoms with Crippen molar-refractivity contribution in [3.63, 3.8) is 0 Å². The summed E-state index contributed by atoms with van der Waals surface area (Å²) in [6.07, 6.45) is 0. The lowest BCUT2D eigenvalue weighted by molar-refractivity contribution is -0.385. The molecule has 21 heavy (non-hydrogen) atoms. The van der Waals surface area contributed by atoms with Gasteiger partial charge >= 0.3 is 5.97 Å². The van der Waals surface area contributed by atoms with Crippen molar-refractivity contribution in [2.24, 2.45) is 0 Å². The molecule has 0 unspecified atom stereocenters. The lowest BCUT2D eigenvalue weighted by atomic mass is 10.2. The summed E-state index contributed by atoms with van der Waals surface area (Å²) in [6.45, 7) is 0. The van der Waals surface area contributed by atoms with Crippen LogP contribution in [0.1, 0.15) is 10.4 Å². The van der Waals surface area contributed by atoms with E-state index >= 15 is 0 Å². The van der Waals surface area contributed by atoms with Crippen LogP contribution in [0, 0.1) is 10.1 Å². The second-order valence-corrected chi connectivity index (χ2v) is 5.07. The maximum atomic E-state index is 11.2. The zero-order valence-electron chi connectivity index (χ0n) is 10.2. The smallest absolute Gasteiger partial charge is 0.339 e. The predicted octanol–water partition coefficient (Wildman–Crippen LogP) is 4.50. The Morgan fingerprint density at radius 3 is 2.57 bits per heavy atom. The van der Waals surface area contributed by atoms with E-state index < -0.39 is 10.9 Å². The Balaban J connectivity index is 2.51. The van der Waals surface area contributed by atoms with Crippen LogP contribution in [-0.4, -0.2) is 16.0 Å². The van der Waals surface area contributed by atoms with Gasteiger partial charge in [-0.1, -0.05) is 23.7 Å². The molecule has 6 nitrogen and oxygen atoms in total. The van der Waals surface area contributed by atoms with E-state index in [2.05, 4.69) is 15.9 Å².